The first-order valence-electron chi connectivity index (χ1n) is 8.93. The van der Waals surface area contributed by atoms with Gasteiger partial charge in [-0.2, -0.15) is 0 Å². The molecule has 0 aliphatic heterocycles. The lowest BCUT2D eigenvalue weighted by molar-refractivity contribution is 0.102. The molecule has 27 heavy (non-hydrogen) atoms. The van der Waals surface area contributed by atoms with Crippen molar-refractivity contribution >= 4 is 23.4 Å². The zero-order valence-electron chi connectivity index (χ0n) is 16.9. The summed E-state index contributed by atoms with van der Waals surface area (Å²) in [6.45, 7) is 7.40. The van der Waals surface area contributed by atoms with E-state index in [1.807, 2.05) is 65.4 Å². The van der Waals surface area contributed by atoms with E-state index in [4.69, 9.17) is 4.74 Å². The van der Waals surface area contributed by atoms with Crippen molar-refractivity contribution in [3.05, 3.63) is 41.3 Å². The third-order valence-corrected chi connectivity index (χ3v) is 4.61. The van der Waals surface area contributed by atoms with Crippen molar-refractivity contribution in [3.63, 3.8) is 0 Å². The summed E-state index contributed by atoms with van der Waals surface area (Å²) in [5, 5.41) is 3.63. The van der Waals surface area contributed by atoms with Gasteiger partial charge in [0.05, 0.1) is 11.3 Å². The highest BCUT2D eigenvalue weighted by Crippen LogP contribution is 2.24. The number of rotatable bonds is 8. The zero-order valence-corrected chi connectivity index (χ0v) is 17.7. The van der Waals surface area contributed by atoms with Crippen molar-refractivity contribution < 1.29 is 9.53 Å². The van der Waals surface area contributed by atoms with Gasteiger partial charge in [0.2, 0.25) is 0 Å². The maximum absolute atomic E-state index is 12.8. The number of hydrogen-bond acceptors (Lipinski definition) is 6. The number of aromatic nitrogens is 2. The molecule has 1 aromatic carbocycles. The van der Waals surface area contributed by atoms with E-state index in [9.17, 15) is 4.79 Å². The topological polar surface area (TPSA) is 67.3 Å². The van der Waals surface area contributed by atoms with Gasteiger partial charge < -0.3 is 15.0 Å². The van der Waals surface area contributed by atoms with Crippen molar-refractivity contribution in [2.24, 2.45) is 0 Å². The van der Waals surface area contributed by atoms with Crippen LogP contribution in [0.25, 0.3) is 0 Å². The Labute approximate surface area is 165 Å². The van der Waals surface area contributed by atoms with Gasteiger partial charge in [0.1, 0.15) is 23.2 Å². The summed E-state index contributed by atoms with van der Waals surface area (Å²) in [5.74, 6) is 1.55. The molecule has 0 atom stereocenters. The summed E-state index contributed by atoms with van der Waals surface area (Å²) in [7, 11) is 4.01. The molecule has 0 aliphatic rings. The fourth-order valence-corrected chi connectivity index (χ4v) is 3.04. The molecule has 0 saturated carbocycles. The lowest BCUT2D eigenvalue weighted by Gasteiger charge is -2.14. The van der Waals surface area contributed by atoms with E-state index in [1.165, 1.54) is 11.8 Å². The Balaban J connectivity index is 2.11. The lowest BCUT2D eigenvalue weighted by atomic mass is 10.1. The van der Waals surface area contributed by atoms with E-state index in [1.54, 1.807) is 0 Å². The molecule has 0 bridgehead atoms. The van der Waals surface area contributed by atoms with E-state index in [-0.39, 0.29) is 11.8 Å². The Hall–Kier alpha value is -2.12. The van der Waals surface area contributed by atoms with Crippen LogP contribution < -0.4 is 10.1 Å². The number of aryl methyl sites for hydroxylation is 1. The van der Waals surface area contributed by atoms with Gasteiger partial charge in [-0.25, -0.2) is 9.97 Å². The highest BCUT2D eigenvalue weighted by atomic mass is 32.2. The van der Waals surface area contributed by atoms with Crippen LogP contribution in [-0.2, 0) is 0 Å². The SMILES string of the molecule is CSc1nc(C(C)C)nc(C)c1C(=O)Nc1ccc(OCCN(C)C)cc1. The Morgan fingerprint density at radius 3 is 2.44 bits per heavy atom. The predicted octanol–water partition coefficient (Wildman–Crippen LogP) is 3.82. The van der Waals surface area contributed by atoms with Crippen LogP contribution in [0.1, 0.15) is 41.6 Å². The molecule has 0 fully saturated rings. The fourth-order valence-electron chi connectivity index (χ4n) is 2.41. The number of nitrogens with one attached hydrogen (secondary N) is 1. The Morgan fingerprint density at radius 1 is 1.22 bits per heavy atom. The minimum absolute atomic E-state index is 0.201. The summed E-state index contributed by atoms with van der Waals surface area (Å²) in [5.41, 5.74) is 1.93. The quantitative estimate of drug-likeness (QED) is 0.548. The first-order chi connectivity index (χ1) is 12.8. The van der Waals surface area contributed by atoms with Crippen molar-refractivity contribution in [1.29, 1.82) is 0 Å². The number of carbonyl (C=O) groups is 1. The fraction of sp³-hybridized carbons (Fsp3) is 0.450. The minimum atomic E-state index is -0.201. The molecule has 146 valence electrons. The van der Waals surface area contributed by atoms with Crippen molar-refractivity contribution in [2.45, 2.75) is 31.7 Å². The van der Waals surface area contributed by atoms with Crippen LogP contribution in [0.4, 0.5) is 5.69 Å². The minimum Gasteiger partial charge on any atom is -0.492 e. The number of amides is 1. The van der Waals surface area contributed by atoms with Gasteiger partial charge in [-0.1, -0.05) is 13.8 Å². The molecule has 0 unspecified atom stereocenters. The molecule has 0 radical (unpaired) electrons. The second-order valence-corrected chi connectivity index (χ2v) is 7.63. The van der Waals surface area contributed by atoms with Crippen LogP contribution in [0.3, 0.4) is 0 Å². The van der Waals surface area contributed by atoms with Crippen molar-refractivity contribution in [1.82, 2.24) is 14.9 Å². The van der Waals surface area contributed by atoms with Gasteiger partial charge >= 0.3 is 0 Å². The number of nitrogens with zero attached hydrogens (tertiary/aromatic N) is 3. The molecule has 1 heterocycles. The highest BCUT2D eigenvalue weighted by Gasteiger charge is 2.19. The standard InChI is InChI=1S/C20H28N4O2S/c1-13(2)18-21-14(3)17(20(23-18)27-6)19(25)22-15-7-9-16(10-8-15)26-12-11-24(4)5/h7-10,13H,11-12H2,1-6H3,(H,22,25). The summed E-state index contributed by atoms with van der Waals surface area (Å²) < 4.78 is 5.67. The normalized spacial score (nSPS) is 11.1. The monoisotopic (exact) mass is 388 g/mol. The Kier molecular flexibility index (Phi) is 7.62. The molecule has 0 aliphatic carbocycles. The van der Waals surface area contributed by atoms with Gasteiger partial charge in [0.25, 0.3) is 5.91 Å². The smallest absolute Gasteiger partial charge is 0.260 e. The number of carbonyl (C=O) groups excluding carboxylic acids is 1. The van der Waals surface area contributed by atoms with Gasteiger partial charge in [0, 0.05) is 18.2 Å². The molecule has 6 nitrogen and oxygen atoms in total. The number of benzene rings is 1. The van der Waals surface area contributed by atoms with Crippen LogP contribution in [0, 0.1) is 6.92 Å². The summed E-state index contributed by atoms with van der Waals surface area (Å²) >= 11 is 1.46. The van der Waals surface area contributed by atoms with Crippen LogP contribution >= 0.6 is 11.8 Å². The average molecular weight is 389 g/mol. The van der Waals surface area contributed by atoms with E-state index in [0.29, 0.717) is 28.6 Å². The van der Waals surface area contributed by atoms with E-state index < -0.39 is 0 Å². The van der Waals surface area contributed by atoms with Gasteiger partial charge in [-0.15, -0.1) is 11.8 Å². The number of anilines is 1. The molecule has 1 amide bonds. The maximum atomic E-state index is 12.8. The third kappa shape index (κ3) is 5.94. The van der Waals surface area contributed by atoms with E-state index in [0.717, 1.165) is 18.1 Å². The molecule has 7 heteroatoms. The molecule has 2 rings (SSSR count). The number of likely N-dealkylation sites (N-methyl/N-ethyl adjacent to an activating group) is 1. The maximum Gasteiger partial charge on any atom is 0.260 e. The Morgan fingerprint density at radius 2 is 1.89 bits per heavy atom. The summed E-state index contributed by atoms with van der Waals surface area (Å²) in [6.07, 6.45) is 1.92. The third-order valence-electron chi connectivity index (χ3n) is 3.93. The first kappa shape index (κ1) is 21.2. The van der Waals surface area contributed by atoms with Crippen LogP contribution in [0.15, 0.2) is 29.3 Å². The number of hydrogen-bond donors (Lipinski definition) is 1. The van der Waals surface area contributed by atoms with E-state index >= 15 is 0 Å². The summed E-state index contributed by atoms with van der Waals surface area (Å²) in [6, 6.07) is 7.37. The zero-order chi connectivity index (χ0) is 20.0. The predicted molar refractivity (Wildman–Crippen MR) is 111 cm³/mol. The Bertz CT molecular complexity index is 776. The first-order valence-corrected chi connectivity index (χ1v) is 10.2. The number of thioether (sulfide) groups is 1. The highest BCUT2D eigenvalue weighted by molar-refractivity contribution is 7.98. The van der Waals surface area contributed by atoms with Crippen molar-refractivity contribution in [3.8, 4) is 5.75 Å². The molecule has 1 aromatic heterocycles. The molecular weight excluding hydrogens is 360 g/mol. The van der Waals surface area contributed by atoms with Crippen LogP contribution in [0.5, 0.6) is 5.75 Å². The molecular formula is C20H28N4O2S. The summed E-state index contributed by atoms with van der Waals surface area (Å²) in [4.78, 5) is 23.9. The van der Waals surface area contributed by atoms with Crippen LogP contribution in [0.2, 0.25) is 0 Å². The van der Waals surface area contributed by atoms with Gasteiger partial charge in [-0.3, -0.25) is 4.79 Å². The van der Waals surface area contributed by atoms with Gasteiger partial charge in [-0.05, 0) is 51.5 Å². The second-order valence-electron chi connectivity index (χ2n) is 6.84. The molecule has 0 saturated heterocycles. The average Bonchev–Trinajstić information content (AvgIpc) is 2.61. The molecule has 0 spiro atoms. The largest absolute Gasteiger partial charge is 0.492 e. The van der Waals surface area contributed by atoms with Crippen molar-refractivity contribution in [2.75, 3.05) is 38.8 Å². The molecule has 2 aromatic rings. The van der Waals surface area contributed by atoms with Crippen LogP contribution in [-0.4, -0.2) is 54.3 Å². The van der Waals surface area contributed by atoms with Gasteiger partial charge in [0.15, 0.2) is 0 Å². The lowest BCUT2D eigenvalue weighted by Crippen LogP contribution is -2.19. The number of ether oxygens (including phenoxy) is 1. The van der Waals surface area contributed by atoms with E-state index in [2.05, 4.69) is 20.2 Å². The second kappa shape index (κ2) is 9.71. The molecule has 1 N–H and O–H groups in total.